The Morgan fingerprint density at radius 1 is 1.31 bits per heavy atom. The van der Waals surface area contributed by atoms with Crippen LogP contribution in [0, 0.1) is 5.92 Å². The Morgan fingerprint density at radius 2 is 1.96 bits per heavy atom. The van der Waals surface area contributed by atoms with Crippen molar-refractivity contribution in [2.24, 2.45) is 5.92 Å². The molecule has 0 bridgehead atoms. The lowest BCUT2D eigenvalue weighted by atomic mass is 10.00. The Labute approximate surface area is 160 Å². The number of alkyl carbamates (subject to hydrolysis) is 1. The number of nitrogens with one attached hydrogen (secondary N) is 1. The molecule has 6 nitrogen and oxygen atoms in total. The molecule has 0 aliphatic carbocycles. The summed E-state index contributed by atoms with van der Waals surface area (Å²) in [4.78, 5) is 11.8. The molecule has 0 aromatic heterocycles. The first-order chi connectivity index (χ1) is 12.0. The SMILES string of the molecule is CC(C)(C)OC(=O)NC[C@@H]1CCCN(S(=O)(=O)Cc2ccc(Cl)cc2)C1. The topological polar surface area (TPSA) is 75.7 Å². The van der Waals surface area contributed by atoms with Gasteiger partial charge in [-0.2, -0.15) is 0 Å². The minimum Gasteiger partial charge on any atom is -0.444 e. The van der Waals surface area contributed by atoms with Crippen molar-refractivity contribution in [2.45, 2.75) is 45.0 Å². The number of hydrogen-bond donors (Lipinski definition) is 1. The number of ether oxygens (including phenoxy) is 1. The number of carbonyl (C=O) groups excluding carboxylic acids is 1. The first kappa shape index (κ1) is 21.0. The van der Waals surface area contributed by atoms with Crippen LogP contribution in [-0.4, -0.2) is 44.1 Å². The van der Waals surface area contributed by atoms with E-state index in [-0.39, 0.29) is 11.7 Å². The number of benzene rings is 1. The fraction of sp³-hybridized carbons (Fsp3) is 0.611. The largest absolute Gasteiger partial charge is 0.444 e. The van der Waals surface area contributed by atoms with Gasteiger partial charge in [0, 0.05) is 24.7 Å². The van der Waals surface area contributed by atoms with Crippen LogP contribution in [0.2, 0.25) is 5.02 Å². The summed E-state index contributed by atoms with van der Waals surface area (Å²) in [5, 5.41) is 3.32. The van der Waals surface area contributed by atoms with Crippen LogP contribution in [0.5, 0.6) is 0 Å². The lowest BCUT2D eigenvalue weighted by Crippen LogP contribution is -2.44. The zero-order chi connectivity index (χ0) is 19.4. The second-order valence-corrected chi connectivity index (χ2v) is 10.0. The summed E-state index contributed by atoms with van der Waals surface area (Å²) in [6.45, 7) is 6.74. The van der Waals surface area contributed by atoms with Crippen molar-refractivity contribution in [2.75, 3.05) is 19.6 Å². The fourth-order valence-corrected chi connectivity index (χ4v) is 4.64. The summed E-state index contributed by atoms with van der Waals surface area (Å²) in [6.07, 6.45) is 1.18. The molecule has 146 valence electrons. The van der Waals surface area contributed by atoms with Crippen molar-refractivity contribution in [1.82, 2.24) is 9.62 Å². The summed E-state index contributed by atoms with van der Waals surface area (Å²) in [7, 11) is -3.40. The van der Waals surface area contributed by atoms with E-state index in [2.05, 4.69) is 5.32 Å². The van der Waals surface area contributed by atoms with Crippen molar-refractivity contribution < 1.29 is 17.9 Å². The molecule has 0 unspecified atom stereocenters. The molecule has 1 atom stereocenters. The van der Waals surface area contributed by atoms with Crippen molar-refractivity contribution in [3.63, 3.8) is 0 Å². The Hall–Kier alpha value is -1.31. The second-order valence-electron chi connectivity index (χ2n) is 7.63. The standard InChI is InChI=1S/C18H27ClN2O4S/c1-18(2,3)25-17(22)20-11-15-5-4-10-21(12-15)26(23,24)13-14-6-8-16(19)9-7-14/h6-9,15H,4-5,10-13H2,1-3H3,(H,20,22)/t15-/m0/s1. The number of amides is 1. The van der Waals surface area contributed by atoms with Crippen LogP contribution in [0.4, 0.5) is 4.79 Å². The van der Waals surface area contributed by atoms with Crippen LogP contribution in [0.15, 0.2) is 24.3 Å². The van der Waals surface area contributed by atoms with Crippen LogP contribution in [0.1, 0.15) is 39.2 Å². The maximum absolute atomic E-state index is 12.7. The van der Waals surface area contributed by atoms with Crippen LogP contribution < -0.4 is 5.32 Å². The summed E-state index contributed by atoms with van der Waals surface area (Å²) < 4.78 is 32.1. The third kappa shape index (κ3) is 6.78. The summed E-state index contributed by atoms with van der Waals surface area (Å²) in [5.74, 6) is 0.0346. The average Bonchev–Trinajstić information content (AvgIpc) is 2.54. The van der Waals surface area contributed by atoms with Gasteiger partial charge in [0.25, 0.3) is 0 Å². The molecule has 1 fully saturated rings. The van der Waals surface area contributed by atoms with Gasteiger partial charge in [-0.3, -0.25) is 0 Å². The van der Waals surface area contributed by atoms with E-state index >= 15 is 0 Å². The van der Waals surface area contributed by atoms with Crippen molar-refractivity contribution in [3.8, 4) is 0 Å². The van der Waals surface area contributed by atoms with Gasteiger partial charge in [-0.1, -0.05) is 23.7 Å². The van der Waals surface area contributed by atoms with E-state index in [1.807, 2.05) is 0 Å². The first-order valence-corrected chi connectivity index (χ1v) is 10.7. The highest BCUT2D eigenvalue weighted by Gasteiger charge is 2.29. The average molecular weight is 403 g/mol. The number of piperidine rings is 1. The zero-order valence-electron chi connectivity index (χ0n) is 15.5. The molecule has 1 aliphatic rings. The van der Waals surface area contributed by atoms with Gasteiger partial charge in [-0.15, -0.1) is 0 Å². The molecule has 0 radical (unpaired) electrons. The molecule has 1 saturated heterocycles. The first-order valence-electron chi connectivity index (χ1n) is 8.74. The highest BCUT2D eigenvalue weighted by molar-refractivity contribution is 7.88. The molecule has 2 rings (SSSR count). The number of rotatable bonds is 5. The summed E-state index contributed by atoms with van der Waals surface area (Å²) >= 11 is 5.85. The minimum atomic E-state index is -3.40. The third-order valence-electron chi connectivity index (χ3n) is 4.07. The maximum Gasteiger partial charge on any atom is 0.407 e. The van der Waals surface area contributed by atoms with E-state index in [1.54, 1.807) is 45.0 Å². The van der Waals surface area contributed by atoms with E-state index in [9.17, 15) is 13.2 Å². The highest BCUT2D eigenvalue weighted by atomic mass is 35.5. The molecular formula is C18H27ClN2O4S. The van der Waals surface area contributed by atoms with Crippen molar-refractivity contribution >= 4 is 27.7 Å². The molecule has 0 spiro atoms. The Bertz CT molecular complexity index is 714. The van der Waals surface area contributed by atoms with Gasteiger partial charge >= 0.3 is 6.09 Å². The predicted molar refractivity (Wildman–Crippen MR) is 103 cm³/mol. The number of halogens is 1. The predicted octanol–water partition coefficient (Wildman–Crippen LogP) is 3.41. The van der Waals surface area contributed by atoms with E-state index < -0.39 is 21.7 Å². The third-order valence-corrected chi connectivity index (χ3v) is 6.14. The summed E-state index contributed by atoms with van der Waals surface area (Å²) in [5.41, 5.74) is 0.160. The van der Waals surface area contributed by atoms with Crippen LogP contribution in [0.3, 0.4) is 0 Å². The van der Waals surface area contributed by atoms with E-state index in [0.717, 1.165) is 12.8 Å². The fourth-order valence-electron chi connectivity index (χ4n) is 2.87. The molecule has 26 heavy (non-hydrogen) atoms. The van der Waals surface area contributed by atoms with Gasteiger partial charge in [0.2, 0.25) is 10.0 Å². The summed E-state index contributed by atoms with van der Waals surface area (Å²) in [6, 6.07) is 6.84. The molecular weight excluding hydrogens is 376 g/mol. The van der Waals surface area contributed by atoms with E-state index in [1.165, 1.54) is 4.31 Å². The Kier molecular flexibility index (Phi) is 6.93. The maximum atomic E-state index is 12.7. The van der Waals surface area contributed by atoms with Gasteiger partial charge in [-0.25, -0.2) is 17.5 Å². The number of nitrogens with zero attached hydrogens (tertiary/aromatic N) is 1. The van der Waals surface area contributed by atoms with Gasteiger partial charge in [0.15, 0.2) is 0 Å². The molecule has 0 saturated carbocycles. The molecule has 1 N–H and O–H groups in total. The van der Waals surface area contributed by atoms with Crippen LogP contribution in [0.25, 0.3) is 0 Å². The number of carbonyl (C=O) groups is 1. The molecule has 1 aliphatic heterocycles. The van der Waals surface area contributed by atoms with Gasteiger partial charge in [0.05, 0.1) is 5.75 Å². The van der Waals surface area contributed by atoms with Gasteiger partial charge in [0.1, 0.15) is 5.60 Å². The molecule has 8 heteroatoms. The molecule has 1 aromatic rings. The Morgan fingerprint density at radius 3 is 2.58 bits per heavy atom. The lowest BCUT2D eigenvalue weighted by Gasteiger charge is -2.32. The minimum absolute atomic E-state index is 0.0453. The molecule has 1 heterocycles. The van der Waals surface area contributed by atoms with Gasteiger partial charge in [-0.05, 0) is 57.2 Å². The second kappa shape index (κ2) is 8.59. The van der Waals surface area contributed by atoms with Gasteiger partial charge < -0.3 is 10.1 Å². The molecule has 1 amide bonds. The smallest absolute Gasteiger partial charge is 0.407 e. The highest BCUT2D eigenvalue weighted by Crippen LogP contribution is 2.22. The van der Waals surface area contributed by atoms with Crippen LogP contribution >= 0.6 is 11.6 Å². The van der Waals surface area contributed by atoms with Crippen LogP contribution in [-0.2, 0) is 20.5 Å². The monoisotopic (exact) mass is 402 g/mol. The lowest BCUT2D eigenvalue weighted by molar-refractivity contribution is 0.0513. The molecule has 1 aromatic carbocycles. The number of sulfonamides is 1. The van der Waals surface area contributed by atoms with E-state index in [0.29, 0.717) is 30.2 Å². The van der Waals surface area contributed by atoms with E-state index in [4.69, 9.17) is 16.3 Å². The van der Waals surface area contributed by atoms with Crippen molar-refractivity contribution in [1.29, 1.82) is 0 Å². The zero-order valence-corrected chi connectivity index (χ0v) is 17.1. The Balaban J connectivity index is 1.90. The quantitative estimate of drug-likeness (QED) is 0.818. The normalized spacial score (nSPS) is 19.2. The van der Waals surface area contributed by atoms with Crippen molar-refractivity contribution in [3.05, 3.63) is 34.9 Å². The number of hydrogen-bond acceptors (Lipinski definition) is 4.